The van der Waals surface area contributed by atoms with Crippen molar-refractivity contribution in [2.24, 2.45) is 0 Å². The van der Waals surface area contributed by atoms with Crippen LogP contribution in [0.5, 0.6) is 0 Å². The fourth-order valence-corrected chi connectivity index (χ4v) is 1.71. The van der Waals surface area contributed by atoms with E-state index in [9.17, 15) is 22.4 Å². The van der Waals surface area contributed by atoms with Crippen LogP contribution in [0.15, 0.2) is 18.2 Å². The van der Waals surface area contributed by atoms with Crippen LogP contribution in [0.2, 0.25) is 0 Å². The first-order chi connectivity index (χ1) is 9.79. The molecule has 0 aliphatic heterocycles. The van der Waals surface area contributed by atoms with Crippen molar-refractivity contribution in [3.63, 3.8) is 0 Å². The summed E-state index contributed by atoms with van der Waals surface area (Å²) in [5.41, 5.74) is -1.82. The first kappa shape index (κ1) is 17.4. The molecule has 1 rings (SSSR count). The second-order valence-corrected chi connectivity index (χ2v) is 4.33. The molecule has 0 aliphatic rings. The Bertz CT molecular complexity index is 485. The van der Waals surface area contributed by atoms with E-state index >= 15 is 0 Å². The van der Waals surface area contributed by atoms with Crippen molar-refractivity contribution in [3.05, 3.63) is 35.1 Å². The highest BCUT2D eigenvalue weighted by molar-refractivity contribution is 5.94. The summed E-state index contributed by atoms with van der Waals surface area (Å²) in [6.07, 6.45) is -4.69. The third kappa shape index (κ3) is 4.98. The Hall–Kier alpha value is -1.67. The quantitative estimate of drug-likeness (QED) is 0.790. The normalized spacial score (nSPS) is 13.0. The number of hydrogen-bond acceptors (Lipinski definition) is 3. The number of hydrogen-bond donors (Lipinski definition) is 2. The zero-order valence-corrected chi connectivity index (χ0v) is 11.2. The van der Waals surface area contributed by atoms with Crippen molar-refractivity contribution < 1.29 is 32.2 Å². The van der Waals surface area contributed by atoms with E-state index in [0.29, 0.717) is 12.1 Å². The number of methoxy groups -OCH3 is 1. The van der Waals surface area contributed by atoms with Crippen LogP contribution in [0.3, 0.4) is 0 Å². The molecule has 1 aromatic rings. The van der Waals surface area contributed by atoms with E-state index in [0.717, 1.165) is 6.07 Å². The maximum absolute atomic E-state index is 13.1. The Morgan fingerprint density at radius 3 is 2.62 bits per heavy atom. The molecule has 0 aliphatic carbocycles. The number of benzene rings is 1. The lowest BCUT2D eigenvalue weighted by atomic mass is 10.1. The van der Waals surface area contributed by atoms with Crippen molar-refractivity contribution >= 4 is 5.91 Å². The highest BCUT2D eigenvalue weighted by Crippen LogP contribution is 2.31. The predicted molar refractivity (Wildman–Crippen MR) is 66.2 cm³/mol. The molecule has 0 heterocycles. The van der Waals surface area contributed by atoms with E-state index in [1.165, 1.54) is 7.11 Å². The first-order valence-corrected chi connectivity index (χ1v) is 6.07. The van der Waals surface area contributed by atoms with Gasteiger partial charge in [-0.25, -0.2) is 4.39 Å². The SMILES string of the molecule is COCC(CCO)NC(=O)c1ccc(F)c(C(F)(F)F)c1. The van der Waals surface area contributed by atoms with Crippen molar-refractivity contribution in [2.45, 2.75) is 18.6 Å². The predicted octanol–water partition coefficient (Wildman–Crippen LogP) is 1.97. The third-order valence-corrected chi connectivity index (χ3v) is 2.71. The van der Waals surface area contributed by atoms with E-state index in [-0.39, 0.29) is 25.2 Å². The van der Waals surface area contributed by atoms with E-state index in [2.05, 4.69) is 5.32 Å². The number of nitrogens with one attached hydrogen (secondary N) is 1. The van der Waals surface area contributed by atoms with Crippen molar-refractivity contribution in [1.82, 2.24) is 5.32 Å². The summed E-state index contributed by atoms with van der Waals surface area (Å²) >= 11 is 0. The molecule has 0 radical (unpaired) electrons. The van der Waals surface area contributed by atoms with Crippen LogP contribution in [0, 0.1) is 5.82 Å². The minimum Gasteiger partial charge on any atom is -0.396 e. The van der Waals surface area contributed by atoms with Crippen LogP contribution < -0.4 is 5.32 Å². The van der Waals surface area contributed by atoms with Crippen molar-refractivity contribution in [2.75, 3.05) is 20.3 Å². The second kappa shape index (κ2) is 7.37. The highest BCUT2D eigenvalue weighted by Gasteiger charge is 2.34. The van der Waals surface area contributed by atoms with Crippen LogP contribution >= 0.6 is 0 Å². The van der Waals surface area contributed by atoms with Crippen LogP contribution in [0.1, 0.15) is 22.3 Å². The Labute approximate surface area is 118 Å². The van der Waals surface area contributed by atoms with Gasteiger partial charge in [-0.2, -0.15) is 13.2 Å². The monoisotopic (exact) mass is 309 g/mol. The van der Waals surface area contributed by atoms with E-state index in [4.69, 9.17) is 9.84 Å². The molecular weight excluding hydrogens is 294 g/mol. The van der Waals surface area contributed by atoms with Crippen LogP contribution in [-0.2, 0) is 10.9 Å². The molecule has 0 spiro atoms. The number of carbonyl (C=O) groups excluding carboxylic acids is 1. The molecule has 0 bridgehead atoms. The number of aliphatic hydroxyl groups is 1. The molecule has 8 heteroatoms. The molecule has 0 saturated carbocycles. The minimum atomic E-state index is -4.88. The summed E-state index contributed by atoms with van der Waals surface area (Å²) in [6.45, 7) is -0.120. The summed E-state index contributed by atoms with van der Waals surface area (Å²) in [4.78, 5) is 11.9. The number of aliphatic hydroxyl groups excluding tert-OH is 1. The topological polar surface area (TPSA) is 58.6 Å². The Balaban J connectivity index is 2.92. The van der Waals surface area contributed by atoms with Gasteiger partial charge in [-0.3, -0.25) is 4.79 Å². The Morgan fingerprint density at radius 2 is 2.10 bits per heavy atom. The van der Waals surface area contributed by atoms with Gasteiger partial charge in [0.2, 0.25) is 0 Å². The van der Waals surface area contributed by atoms with Crippen molar-refractivity contribution in [3.8, 4) is 0 Å². The van der Waals surface area contributed by atoms with Crippen LogP contribution in [0.25, 0.3) is 0 Å². The van der Waals surface area contributed by atoms with Gasteiger partial charge in [-0.15, -0.1) is 0 Å². The summed E-state index contributed by atoms with van der Waals surface area (Å²) in [5, 5.41) is 11.2. The zero-order valence-electron chi connectivity index (χ0n) is 11.2. The lowest BCUT2D eigenvalue weighted by Gasteiger charge is -2.17. The van der Waals surface area contributed by atoms with Gasteiger partial charge in [0, 0.05) is 19.3 Å². The number of alkyl halides is 3. The lowest BCUT2D eigenvalue weighted by molar-refractivity contribution is -0.140. The summed E-state index contributed by atoms with van der Waals surface area (Å²) < 4.78 is 55.7. The van der Waals surface area contributed by atoms with Gasteiger partial charge in [0.25, 0.3) is 5.91 Å². The summed E-state index contributed by atoms with van der Waals surface area (Å²) in [7, 11) is 1.39. The molecular formula is C13H15F4NO3. The van der Waals surface area contributed by atoms with Gasteiger partial charge in [0.15, 0.2) is 0 Å². The summed E-state index contributed by atoms with van der Waals surface area (Å²) in [6, 6.07) is 1.46. The molecule has 0 fully saturated rings. The molecule has 4 nitrogen and oxygen atoms in total. The molecule has 0 aromatic heterocycles. The molecule has 1 unspecified atom stereocenters. The van der Waals surface area contributed by atoms with Gasteiger partial charge in [0.1, 0.15) is 5.82 Å². The summed E-state index contributed by atoms with van der Waals surface area (Å²) in [5.74, 6) is -2.24. The average Bonchev–Trinajstić information content (AvgIpc) is 2.38. The zero-order chi connectivity index (χ0) is 16.0. The van der Waals surface area contributed by atoms with E-state index < -0.39 is 29.5 Å². The smallest absolute Gasteiger partial charge is 0.396 e. The minimum absolute atomic E-state index is 0.0968. The van der Waals surface area contributed by atoms with Crippen LogP contribution in [0.4, 0.5) is 17.6 Å². The van der Waals surface area contributed by atoms with Crippen LogP contribution in [-0.4, -0.2) is 37.4 Å². The van der Waals surface area contributed by atoms with Gasteiger partial charge in [-0.05, 0) is 24.6 Å². The van der Waals surface area contributed by atoms with Gasteiger partial charge >= 0.3 is 6.18 Å². The average molecular weight is 309 g/mol. The Kier molecular flexibility index (Phi) is 6.10. The van der Waals surface area contributed by atoms with E-state index in [1.54, 1.807) is 0 Å². The number of halogens is 4. The largest absolute Gasteiger partial charge is 0.419 e. The number of amides is 1. The van der Waals surface area contributed by atoms with Gasteiger partial charge < -0.3 is 15.2 Å². The number of carbonyl (C=O) groups is 1. The maximum atomic E-state index is 13.1. The fraction of sp³-hybridized carbons (Fsp3) is 0.462. The van der Waals surface area contributed by atoms with Gasteiger partial charge in [-0.1, -0.05) is 0 Å². The fourth-order valence-electron chi connectivity index (χ4n) is 1.71. The molecule has 1 aromatic carbocycles. The molecule has 118 valence electrons. The maximum Gasteiger partial charge on any atom is 0.419 e. The Morgan fingerprint density at radius 1 is 1.43 bits per heavy atom. The molecule has 1 amide bonds. The highest BCUT2D eigenvalue weighted by atomic mass is 19.4. The molecule has 2 N–H and O–H groups in total. The molecule has 21 heavy (non-hydrogen) atoms. The lowest BCUT2D eigenvalue weighted by Crippen LogP contribution is -2.38. The first-order valence-electron chi connectivity index (χ1n) is 6.07. The number of ether oxygens (including phenoxy) is 1. The van der Waals surface area contributed by atoms with Crippen molar-refractivity contribution in [1.29, 1.82) is 0 Å². The third-order valence-electron chi connectivity index (χ3n) is 2.71. The molecule has 0 saturated heterocycles. The molecule has 1 atom stereocenters. The van der Waals surface area contributed by atoms with Gasteiger partial charge in [0.05, 0.1) is 18.2 Å². The standard InChI is InChI=1S/C13H15F4NO3/c1-21-7-9(4-5-19)18-12(20)8-2-3-11(14)10(6-8)13(15,16)17/h2-3,6,9,19H,4-5,7H2,1H3,(H,18,20). The van der Waals surface area contributed by atoms with E-state index in [1.807, 2.05) is 0 Å². The second-order valence-electron chi connectivity index (χ2n) is 4.33. The number of rotatable bonds is 6.